The van der Waals surface area contributed by atoms with Crippen molar-refractivity contribution in [2.24, 2.45) is 0 Å². The van der Waals surface area contributed by atoms with E-state index in [4.69, 9.17) is 10.5 Å². The zero-order chi connectivity index (χ0) is 15.5. The number of nitrogen functional groups attached to an aromatic ring is 1. The zero-order valence-corrected chi connectivity index (χ0v) is 12.5. The number of hydrogen-bond donors (Lipinski definition) is 1. The second kappa shape index (κ2) is 6.02. The molecule has 0 saturated heterocycles. The number of carbonyl (C=O) groups is 1. The first-order chi connectivity index (χ1) is 10.7. The Balaban J connectivity index is 2.06. The van der Waals surface area contributed by atoms with Crippen LogP contribution in [0.25, 0.3) is 5.57 Å². The van der Waals surface area contributed by atoms with Crippen LogP contribution in [0, 0.1) is 0 Å². The molecule has 0 spiro atoms. The molecule has 0 bridgehead atoms. The molecule has 2 aliphatic carbocycles. The molecule has 112 valence electrons. The van der Waals surface area contributed by atoms with Gasteiger partial charge in [-0.15, -0.1) is 0 Å². The van der Waals surface area contributed by atoms with Gasteiger partial charge in [0.05, 0.1) is 17.6 Å². The maximum Gasteiger partial charge on any atom is 0.303 e. The highest BCUT2D eigenvalue weighted by Crippen LogP contribution is 2.39. The van der Waals surface area contributed by atoms with Crippen LogP contribution in [0.5, 0.6) is 0 Å². The predicted molar refractivity (Wildman–Crippen MR) is 86.9 cm³/mol. The highest BCUT2D eigenvalue weighted by molar-refractivity contribution is 5.85. The van der Waals surface area contributed by atoms with Gasteiger partial charge in [0.2, 0.25) is 0 Å². The summed E-state index contributed by atoms with van der Waals surface area (Å²) in [5.41, 5.74) is 10.8. The lowest BCUT2D eigenvalue weighted by molar-refractivity contribution is -0.146. The molecule has 0 aromatic carbocycles. The van der Waals surface area contributed by atoms with Gasteiger partial charge in [0.1, 0.15) is 6.10 Å². The number of nitrogens with two attached hydrogens (primary N) is 1. The number of ether oxygens (including phenoxy) is 1. The molecular weight excluding hydrogens is 276 g/mol. The summed E-state index contributed by atoms with van der Waals surface area (Å²) in [5.74, 6) is -0.281. The van der Waals surface area contributed by atoms with E-state index in [0.29, 0.717) is 5.69 Å². The van der Waals surface area contributed by atoms with E-state index >= 15 is 0 Å². The van der Waals surface area contributed by atoms with Gasteiger partial charge in [0.15, 0.2) is 0 Å². The van der Waals surface area contributed by atoms with Crippen molar-refractivity contribution in [2.45, 2.75) is 25.9 Å². The Hall–Kier alpha value is -2.62. The fourth-order valence-electron chi connectivity index (χ4n) is 2.92. The van der Waals surface area contributed by atoms with Crippen LogP contribution in [-0.2, 0) is 16.0 Å². The van der Waals surface area contributed by atoms with Gasteiger partial charge in [-0.05, 0) is 24.0 Å². The minimum atomic E-state index is -0.281. The first-order valence-electron chi connectivity index (χ1n) is 7.33. The molecule has 4 nitrogen and oxygen atoms in total. The van der Waals surface area contributed by atoms with Crippen LogP contribution < -0.4 is 5.73 Å². The van der Waals surface area contributed by atoms with E-state index in [-0.39, 0.29) is 12.1 Å². The molecule has 22 heavy (non-hydrogen) atoms. The van der Waals surface area contributed by atoms with Crippen LogP contribution in [0.1, 0.15) is 36.3 Å². The van der Waals surface area contributed by atoms with Gasteiger partial charge in [-0.3, -0.25) is 9.78 Å². The van der Waals surface area contributed by atoms with Gasteiger partial charge in [-0.2, -0.15) is 0 Å². The third kappa shape index (κ3) is 2.72. The fourth-order valence-corrected chi connectivity index (χ4v) is 2.92. The first-order valence-corrected chi connectivity index (χ1v) is 7.33. The third-order valence-corrected chi connectivity index (χ3v) is 3.80. The van der Waals surface area contributed by atoms with E-state index in [1.54, 1.807) is 6.20 Å². The summed E-state index contributed by atoms with van der Waals surface area (Å²) < 4.78 is 5.36. The summed E-state index contributed by atoms with van der Waals surface area (Å²) in [6, 6.07) is 0. The van der Waals surface area contributed by atoms with Crippen molar-refractivity contribution in [1.82, 2.24) is 4.98 Å². The van der Waals surface area contributed by atoms with Crippen LogP contribution in [0.3, 0.4) is 0 Å². The predicted octanol–water partition coefficient (Wildman–Crippen LogP) is 3.28. The number of carbonyl (C=O) groups excluding carboxylic acids is 1. The second-order valence-corrected chi connectivity index (χ2v) is 5.34. The maximum absolute atomic E-state index is 11.2. The SMILES string of the molecule is CC(=O)OC1CCc2c1ncc(N)c2C1=C/C=C\C=C/C=C1. The Labute approximate surface area is 129 Å². The van der Waals surface area contributed by atoms with Crippen molar-refractivity contribution in [2.75, 3.05) is 5.73 Å². The highest BCUT2D eigenvalue weighted by atomic mass is 16.5. The van der Waals surface area contributed by atoms with Crippen molar-refractivity contribution in [3.63, 3.8) is 0 Å². The first kappa shape index (κ1) is 14.3. The van der Waals surface area contributed by atoms with Crippen molar-refractivity contribution in [3.8, 4) is 0 Å². The van der Waals surface area contributed by atoms with E-state index in [1.165, 1.54) is 6.92 Å². The van der Waals surface area contributed by atoms with Crippen molar-refractivity contribution < 1.29 is 9.53 Å². The van der Waals surface area contributed by atoms with Crippen LogP contribution in [-0.4, -0.2) is 11.0 Å². The van der Waals surface area contributed by atoms with E-state index in [0.717, 1.165) is 35.2 Å². The molecule has 0 radical (unpaired) electrons. The Morgan fingerprint density at radius 1 is 1.27 bits per heavy atom. The number of pyridine rings is 1. The van der Waals surface area contributed by atoms with Crippen LogP contribution in [0.4, 0.5) is 5.69 Å². The number of esters is 1. The highest BCUT2D eigenvalue weighted by Gasteiger charge is 2.30. The van der Waals surface area contributed by atoms with E-state index < -0.39 is 0 Å². The second-order valence-electron chi connectivity index (χ2n) is 5.34. The van der Waals surface area contributed by atoms with Crippen molar-refractivity contribution >= 4 is 17.2 Å². The Morgan fingerprint density at radius 3 is 2.86 bits per heavy atom. The minimum absolute atomic E-state index is 0.263. The molecule has 1 unspecified atom stereocenters. The monoisotopic (exact) mass is 294 g/mol. The van der Waals surface area contributed by atoms with Gasteiger partial charge < -0.3 is 10.5 Å². The number of anilines is 1. The Kier molecular flexibility index (Phi) is 3.92. The summed E-state index contributed by atoms with van der Waals surface area (Å²) in [4.78, 5) is 15.6. The molecule has 0 amide bonds. The molecule has 2 aliphatic rings. The molecular formula is C18H18N2O2. The fraction of sp³-hybridized carbons (Fsp3) is 0.222. The van der Waals surface area contributed by atoms with Crippen molar-refractivity contribution in [3.05, 3.63) is 65.5 Å². The normalized spacial score (nSPS) is 22.2. The van der Waals surface area contributed by atoms with E-state index in [2.05, 4.69) is 4.98 Å². The molecule has 1 aromatic rings. The molecule has 3 rings (SSSR count). The van der Waals surface area contributed by atoms with Gasteiger partial charge in [-0.1, -0.05) is 42.5 Å². The number of allylic oxidation sites excluding steroid dienone is 8. The van der Waals surface area contributed by atoms with Gasteiger partial charge in [-0.25, -0.2) is 0 Å². The molecule has 0 saturated carbocycles. The van der Waals surface area contributed by atoms with Crippen LogP contribution in [0.15, 0.2) is 48.7 Å². The van der Waals surface area contributed by atoms with Crippen LogP contribution >= 0.6 is 0 Å². The number of nitrogens with zero attached hydrogens (tertiary/aromatic N) is 1. The standard InChI is InChI=1S/C18H18N2O2/c1-12(21)22-16-10-9-14-17(15(19)11-20-18(14)16)13-7-5-3-2-4-6-8-13/h2-8,11,16H,9-10,19H2,1H3/b3-2-,4-2?,5-3?,6-4-,7-5?,8-6?,13-7?,13-8?. The Bertz CT molecular complexity index is 727. The summed E-state index contributed by atoms with van der Waals surface area (Å²) >= 11 is 0. The zero-order valence-electron chi connectivity index (χ0n) is 12.5. The number of fused-ring (bicyclic) bond motifs is 1. The smallest absolute Gasteiger partial charge is 0.303 e. The summed E-state index contributed by atoms with van der Waals surface area (Å²) in [6.07, 6.45) is 16.9. The van der Waals surface area contributed by atoms with E-state index in [9.17, 15) is 4.79 Å². The Morgan fingerprint density at radius 2 is 2.05 bits per heavy atom. The third-order valence-electron chi connectivity index (χ3n) is 3.80. The van der Waals surface area contributed by atoms with Crippen LogP contribution in [0.2, 0.25) is 0 Å². The van der Waals surface area contributed by atoms with Gasteiger partial charge in [0, 0.05) is 12.5 Å². The molecule has 1 aromatic heterocycles. The lowest BCUT2D eigenvalue weighted by Crippen LogP contribution is -2.08. The number of hydrogen-bond acceptors (Lipinski definition) is 4. The average Bonchev–Trinajstić information content (AvgIpc) is 2.82. The van der Waals surface area contributed by atoms with Gasteiger partial charge in [0.25, 0.3) is 0 Å². The average molecular weight is 294 g/mol. The minimum Gasteiger partial charge on any atom is -0.456 e. The summed E-state index contributed by atoms with van der Waals surface area (Å²) in [7, 11) is 0. The number of rotatable bonds is 2. The maximum atomic E-state index is 11.2. The van der Waals surface area contributed by atoms with Crippen molar-refractivity contribution in [1.29, 1.82) is 0 Å². The lowest BCUT2D eigenvalue weighted by Gasteiger charge is -2.14. The molecule has 1 heterocycles. The number of aromatic nitrogens is 1. The van der Waals surface area contributed by atoms with E-state index in [1.807, 2.05) is 42.5 Å². The topological polar surface area (TPSA) is 65.2 Å². The quantitative estimate of drug-likeness (QED) is 0.850. The largest absolute Gasteiger partial charge is 0.456 e. The lowest BCUT2D eigenvalue weighted by atomic mass is 9.96. The molecule has 0 fully saturated rings. The van der Waals surface area contributed by atoms with Gasteiger partial charge >= 0.3 is 5.97 Å². The molecule has 0 aliphatic heterocycles. The summed E-state index contributed by atoms with van der Waals surface area (Å²) in [6.45, 7) is 1.42. The molecule has 1 atom stereocenters. The molecule has 2 N–H and O–H groups in total. The molecule has 4 heteroatoms. The summed E-state index contributed by atoms with van der Waals surface area (Å²) in [5, 5.41) is 0.